The topological polar surface area (TPSA) is 11.4 Å². The quantitative estimate of drug-likeness (QED) is 0.151. The van der Waals surface area contributed by atoms with Crippen LogP contribution in [0.5, 0.6) is 0 Å². The Labute approximate surface area is 331 Å². The number of para-hydroxylation sites is 4. The van der Waals surface area contributed by atoms with Gasteiger partial charge in [-0.05, 0) is 129 Å². The lowest BCUT2D eigenvalue weighted by Crippen LogP contribution is -2.09. The first-order valence-corrected chi connectivity index (χ1v) is 19.5. The van der Waals surface area contributed by atoms with Crippen molar-refractivity contribution < 1.29 is 0 Å². The zero-order valence-electron chi connectivity index (χ0n) is 31.2. The molecule has 11 aromatic rings. The molecule has 0 fully saturated rings. The number of fused-ring (bicyclic) bond motifs is 9. The summed E-state index contributed by atoms with van der Waals surface area (Å²) >= 11 is 0. The van der Waals surface area contributed by atoms with Crippen molar-refractivity contribution >= 4 is 88.2 Å². The summed E-state index contributed by atoms with van der Waals surface area (Å²) in [5.41, 5.74) is 10.1. The van der Waals surface area contributed by atoms with Crippen LogP contribution in [0.2, 0.25) is 0 Å². The van der Waals surface area contributed by atoms with Crippen LogP contribution >= 0.6 is 0 Å². The molecule has 0 aliphatic heterocycles. The van der Waals surface area contributed by atoms with Crippen LogP contribution in [-0.4, -0.2) is 4.57 Å². The summed E-state index contributed by atoms with van der Waals surface area (Å²) < 4.78 is 2.45. The lowest BCUT2D eigenvalue weighted by Gasteiger charge is -2.26. The molecule has 0 radical (unpaired) electrons. The molecule has 0 saturated heterocycles. The molecule has 10 aromatic carbocycles. The molecule has 11 rings (SSSR count). The summed E-state index contributed by atoms with van der Waals surface area (Å²) in [5, 5.41) is 9.99. The van der Waals surface area contributed by atoms with Crippen molar-refractivity contribution in [3.8, 4) is 5.69 Å². The van der Waals surface area contributed by atoms with Gasteiger partial charge in [0.2, 0.25) is 0 Å². The first-order valence-electron chi connectivity index (χ1n) is 19.5. The number of rotatable bonds is 7. The van der Waals surface area contributed by atoms with Crippen LogP contribution in [0.1, 0.15) is 0 Å². The molecule has 0 bridgehead atoms. The largest absolute Gasteiger partial charge is 0.310 e. The summed E-state index contributed by atoms with van der Waals surface area (Å²) in [4.78, 5) is 4.69. The van der Waals surface area contributed by atoms with E-state index in [1.165, 1.54) is 43.1 Å². The second-order valence-corrected chi connectivity index (χ2v) is 14.6. The Morgan fingerprint density at radius 1 is 0.228 bits per heavy atom. The van der Waals surface area contributed by atoms with E-state index < -0.39 is 0 Å². The third-order valence-electron chi connectivity index (χ3n) is 11.3. The van der Waals surface area contributed by atoms with Crippen LogP contribution in [0, 0.1) is 0 Å². The fourth-order valence-corrected chi connectivity index (χ4v) is 8.79. The summed E-state index contributed by atoms with van der Waals surface area (Å²) in [6.07, 6.45) is 0. The molecular formula is C54H37N3. The number of anilines is 6. The van der Waals surface area contributed by atoms with Gasteiger partial charge >= 0.3 is 0 Å². The zero-order chi connectivity index (χ0) is 37.7. The molecule has 3 heteroatoms. The molecule has 0 aliphatic rings. The standard InChI is InChI=1S/C54H37N3/c1-5-17-38(18-6-1)55(39-19-7-2-8-20-39)42-30-33-53-51(36-42)52-37-43(56(40-21-9-3-10-22-40)41-23-11-4-12-24-41)31-34-54(52)57(53)44-29-32-49-47-27-14-13-25-45(47)46-26-15-16-28-48(46)50(49)35-44/h1-37H. The van der Waals surface area contributed by atoms with Crippen LogP contribution in [0.3, 0.4) is 0 Å². The Morgan fingerprint density at radius 2 is 0.561 bits per heavy atom. The number of hydrogen-bond acceptors (Lipinski definition) is 2. The Kier molecular flexibility index (Phi) is 7.82. The van der Waals surface area contributed by atoms with E-state index in [0.717, 1.165) is 50.8 Å². The van der Waals surface area contributed by atoms with E-state index in [-0.39, 0.29) is 0 Å². The highest BCUT2D eigenvalue weighted by atomic mass is 15.1. The fraction of sp³-hybridized carbons (Fsp3) is 0. The molecule has 3 nitrogen and oxygen atoms in total. The summed E-state index contributed by atoms with van der Waals surface area (Å²) in [6, 6.07) is 81.1. The third kappa shape index (κ3) is 5.51. The van der Waals surface area contributed by atoms with Crippen molar-refractivity contribution in [3.05, 3.63) is 224 Å². The summed E-state index contributed by atoms with van der Waals surface area (Å²) in [7, 11) is 0. The summed E-state index contributed by atoms with van der Waals surface area (Å²) in [5.74, 6) is 0. The van der Waals surface area contributed by atoms with Crippen molar-refractivity contribution in [2.24, 2.45) is 0 Å². The summed E-state index contributed by atoms with van der Waals surface area (Å²) in [6.45, 7) is 0. The normalized spacial score (nSPS) is 11.5. The molecular weight excluding hydrogens is 691 g/mol. The average molecular weight is 728 g/mol. The number of aromatic nitrogens is 1. The molecule has 1 aromatic heterocycles. The zero-order valence-corrected chi connectivity index (χ0v) is 31.2. The van der Waals surface area contributed by atoms with Gasteiger partial charge in [0.25, 0.3) is 0 Å². The van der Waals surface area contributed by atoms with Crippen LogP contribution in [0.25, 0.3) is 59.8 Å². The van der Waals surface area contributed by atoms with Gasteiger partial charge in [-0.2, -0.15) is 0 Å². The molecule has 0 amide bonds. The lowest BCUT2D eigenvalue weighted by molar-refractivity contribution is 1.18. The van der Waals surface area contributed by atoms with E-state index in [2.05, 4.69) is 239 Å². The monoisotopic (exact) mass is 727 g/mol. The molecule has 0 atom stereocenters. The molecule has 0 aliphatic carbocycles. The Bertz CT molecular complexity index is 2970. The van der Waals surface area contributed by atoms with Gasteiger partial charge in [-0.25, -0.2) is 0 Å². The SMILES string of the molecule is c1ccc(N(c2ccccc2)c2ccc3c(c2)c2cc(N(c4ccccc4)c4ccccc4)ccc2n3-c2ccc3c4ccccc4c4ccccc4c3c2)cc1. The lowest BCUT2D eigenvalue weighted by atomic mass is 9.94. The van der Waals surface area contributed by atoms with Crippen LogP contribution in [0.15, 0.2) is 224 Å². The maximum Gasteiger partial charge on any atom is 0.0542 e. The van der Waals surface area contributed by atoms with Crippen molar-refractivity contribution in [2.45, 2.75) is 0 Å². The van der Waals surface area contributed by atoms with E-state index >= 15 is 0 Å². The van der Waals surface area contributed by atoms with E-state index in [4.69, 9.17) is 0 Å². The maximum absolute atomic E-state index is 2.45. The molecule has 268 valence electrons. The molecule has 0 spiro atoms. The molecule has 1 heterocycles. The Morgan fingerprint density at radius 3 is 0.947 bits per heavy atom. The van der Waals surface area contributed by atoms with Gasteiger partial charge in [0.15, 0.2) is 0 Å². The minimum absolute atomic E-state index is 1.10. The van der Waals surface area contributed by atoms with Crippen LogP contribution in [-0.2, 0) is 0 Å². The Hall–Kier alpha value is -7.62. The van der Waals surface area contributed by atoms with Gasteiger partial charge in [0, 0.05) is 50.6 Å². The Balaban J connectivity index is 1.19. The van der Waals surface area contributed by atoms with Gasteiger partial charge in [-0.1, -0.05) is 127 Å². The van der Waals surface area contributed by atoms with E-state index in [1.54, 1.807) is 0 Å². The molecule has 0 N–H and O–H groups in total. The van der Waals surface area contributed by atoms with Crippen molar-refractivity contribution in [2.75, 3.05) is 9.80 Å². The number of benzene rings is 10. The van der Waals surface area contributed by atoms with Crippen molar-refractivity contribution in [1.29, 1.82) is 0 Å². The highest BCUT2D eigenvalue weighted by Crippen LogP contribution is 2.44. The second kappa shape index (κ2) is 13.6. The number of hydrogen-bond donors (Lipinski definition) is 0. The highest BCUT2D eigenvalue weighted by molar-refractivity contribution is 6.25. The van der Waals surface area contributed by atoms with E-state index in [1.807, 2.05) is 0 Å². The third-order valence-corrected chi connectivity index (χ3v) is 11.3. The van der Waals surface area contributed by atoms with Crippen molar-refractivity contribution in [1.82, 2.24) is 4.57 Å². The van der Waals surface area contributed by atoms with Crippen molar-refractivity contribution in [3.63, 3.8) is 0 Å². The first kappa shape index (κ1) is 32.8. The van der Waals surface area contributed by atoms with Gasteiger partial charge in [0.05, 0.1) is 11.0 Å². The molecule has 57 heavy (non-hydrogen) atoms. The fourth-order valence-electron chi connectivity index (χ4n) is 8.79. The minimum atomic E-state index is 1.10. The van der Waals surface area contributed by atoms with Gasteiger partial charge in [-0.3, -0.25) is 0 Å². The minimum Gasteiger partial charge on any atom is -0.310 e. The number of nitrogens with zero attached hydrogens (tertiary/aromatic N) is 3. The predicted octanol–water partition coefficient (Wildman–Crippen LogP) is 15.2. The van der Waals surface area contributed by atoms with E-state index in [0.29, 0.717) is 0 Å². The average Bonchev–Trinajstić information content (AvgIpc) is 3.61. The molecule has 0 saturated carbocycles. The first-order chi connectivity index (χ1) is 28.3. The highest BCUT2D eigenvalue weighted by Gasteiger charge is 2.20. The van der Waals surface area contributed by atoms with Gasteiger partial charge in [-0.15, -0.1) is 0 Å². The maximum atomic E-state index is 2.45. The van der Waals surface area contributed by atoms with Gasteiger partial charge in [0.1, 0.15) is 0 Å². The van der Waals surface area contributed by atoms with Crippen LogP contribution < -0.4 is 9.80 Å². The predicted molar refractivity (Wildman–Crippen MR) is 243 cm³/mol. The molecule has 0 unspecified atom stereocenters. The van der Waals surface area contributed by atoms with Crippen LogP contribution in [0.4, 0.5) is 34.1 Å². The van der Waals surface area contributed by atoms with Gasteiger partial charge < -0.3 is 14.4 Å². The van der Waals surface area contributed by atoms with E-state index in [9.17, 15) is 0 Å². The second-order valence-electron chi connectivity index (χ2n) is 14.6. The smallest absolute Gasteiger partial charge is 0.0542 e.